The van der Waals surface area contributed by atoms with E-state index in [1.165, 1.54) is 17.3 Å². The highest BCUT2D eigenvalue weighted by Crippen LogP contribution is 2.06. The number of nitrogens with one attached hydrogen (secondary N) is 1. The highest BCUT2D eigenvalue weighted by molar-refractivity contribution is 8.11. The van der Waals surface area contributed by atoms with E-state index in [4.69, 9.17) is 4.74 Å². The molecule has 0 aliphatic rings. The van der Waals surface area contributed by atoms with Crippen LogP contribution in [0.5, 0.6) is 0 Å². The lowest BCUT2D eigenvalue weighted by atomic mass is 10.2. The minimum atomic E-state index is -0.907. The molecule has 6 nitrogen and oxygen atoms in total. The van der Waals surface area contributed by atoms with Crippen LogP contribution >= 0.6 is 11.8 Å². The van der Waals surface area contributed by atoms with Gasteiger partial charge in [0, 0.05) is 0 Å². The molecule has 86 valence electrons. The lowest BCUT2D eigenvalue weighted by molar-refractivity contribution is 0.0168. The van der Waals surface area contributed by atoms with Gasteiger partial charge in [0.2, 0.25) is 0 Å². The van der Waals surface area contributed by atoms with E-state index in [9.17, 15) is 9.59 Å². The summed E-state index contributed by atoms with van der Waals surface area (Å²) < 4.78 is 4.81. The van der Waals surface area contributed by atoms with Crippen LogP contribution in [0.3, 0.4) is 0 Å². The average Bonchev–Trinajstić information content (AvgIpc) is 2.08. The van der Waals surface area contributed by atoms with Crippen molar-refractivity contribution in [2.75, 3.05) is 6.26 Å². The number of amides is 2. The SMILES string of the molecule is CS/C=N\C(=O)ONC(=O)OC(C)(C)C. The molecule has 0 radical (unpaired) electrons. The fraction of sp³-hybridized carbons (Fsp3) is 0.625. The van der Waals surface area contributed by atoms with Crippen LogP contribution in [0, 0.1) is 0 Å². The number of hydrogen-bond acceptors (Lipinski definition) is 5. The summed E-state index contributed by atoms with van der Waals surface area (Å²) in [6.45, 7) is 5.08. The van der Waals surface area contributed by atoms with Gasteiger partial charge in [0.1, 0.15) is 5.60 Å². The number of carbonyl (C=O) groups is 2. The van der Waals surface area contributed by atoms with Gasteiger partial charge in [-0.1, -0.05) is 0 Å². The zero-order valence-electron chi connectivity index (χ0n) is 9.07. The summed E-state index contributed by atoms with van der Waals surface area (Å²) in [6.07, 6.45) is -0.0108. The van der Waals surface area contributed by atoms with Crippen molar-refractivity contribution < 1.29 is 19.2 Å². The third-order valence-electron chi connectivity index (χ3n) is 0.884. The largest absolute Gasteiger partial charge is 0.458 e. The molecule has 0 unspecified atom stereocenters. The molecule has 0 aliphatic carbocycles. The van der Waals surface area contributed by atoms with Crippen LogP contribution in [0.15, 0.2) is 4.99 Å². The van der Waals surface area contributed by atoms with Gasteiger partial charge in [-0.25, -0.2) is 9.59 Å². The highest BCUT2D eigenvalue weighted by atomic mass is 32.2. The summed E-state index contributed by atoms with van der Waals surface area (Å²) in [5.74, 6) is 0. The van der Waals surface area contributed by atoms with Gasteiger partial charge in [0.25, 0.3) is 0 Å². The predicted molar refractivity (Wildman–Crippen MR) is 57.9 cm³/mol. The molecule has 0 aliphatic heterocycles. The van der Waals surface area contributed by atoms with Gasteiger partial charge in [-0.3, -0.25) is 0 Å². The number of nitrogens with zero attached hydrogens (tertiary/aromatic N) is 1. The molecule has 0 heterocycles. The first kappa shape index (κ1) is 13.8. The minimum absolute atomic E-state index is 0.640. The number of carbonyl (C=O) groups excluding carboxylic acids is 2. The Morgan fingerprint density at radius 2 is 2.00 bits per heavy atom. The van der Waals surface area contributed by atoms with E-state index in [0.717, 1.165) is 0 Å². The molecule has 0 aromatic rings. The number of hydroxylamine groups is 1. The van der Waals surface area contributed by atoms with Crippen molar-refractivity contribution in [3.63, 3.8) is 0 Å². The van der Waals surface area contributed by atoms with Crippen molar-refractivity contribution in [2.45, 2.75) is 26.4 Å². The average molecular weight is 234 g/mol. The van der Waals surface area contributed by atoms with Gasteiger partial charge in [-0.15, -0.1) is 17.2 Å². The third kappa shape index (κ3) is 9.07. The first-order valence-electron chi connectivity index (χ1n) is 4.10. The minimum Gasteiger partial charge on any atom is -0.442 e. The second kappa shape index (κ2) is 6.28. The Hall–Kier alpha value is -1.24. The van der Waals surface area contributed by atoms with Crippen molar-refractivity contribution >= 4 is 29.5 Å². The first-order chi connectivity index (χ1) is 6.85. The third-order valence-corrected chi connectivity index (χ3v) is 1.20. The Bertz CT molecular complexity index is 260. The highest BCUT2D eigenvalue weighted by Gasteiger charge is 2.16. The number of hydrogen-bond donors (Lipinski definition) is 1. The Morgan fingerprint density at radius 1 is 1.40 bits per heavy atom. The van der Waals surface area contributed by atoms with Crippen LogP contribution in [-0.4, -0.2) is 29.6 Å². The molecular formula is C8H14N2O4S. The van der Waals surface area contributed by atoms with Crippen molar-refractivity contribution in [1.82, 2.24) is 5.48 Å². The van der Waals surface area contributed by atoms with Crippen LogP contribution in [0.1, 0.15) is 20.8 Å². The van der Waals surface area contributed by atoms with E-state index in [1.54, 1.807) is 27.0 Å². The maximum absolute atomic E-state index is 11.0. The fourth-order valence-corrected chi connectivity index (χ4v) is 0.698. The summed E-state index contributed by atoms with van der Waals surface area (Å²) in [5.41, 5.74) is 2.47. The van der Waals surface area contributed by atoms with Gasteiger partial charge in [-0.05, 0) is 27.0 Å². The quantitative estimate of drug-likeness (QED) is 0.426. The van der Waals surface area contributed by atoms with E-state index < -0.39 is 17.8 Å². The smallest absolute Gasteiger partial charge is 0.442 e. The molecule has 2 amide bonds. The molecule has 1 N–H and O–H groups in total. The van der Waals surface area contributed by atoms with Crippen molar-refractivity contribution in [2.24, 2.45) is 4.99 Å². The molecule has 7 heteroatoms. The zero-order chi connectivity index (χ0) is 11.9. The van der Waals surface area contributed by atoms with Crippen molar-refractivity contribution in [1.29, 1.82) is 0 Å². The number of ether oxygens (including phenoxy) is 1. The lowest BCUT2D eigenvalue weighted by Gasteiger charge is -2.18. The van der Waals surface area contributed by atoms with Gasteiger partial charge in [-0.2, -0.15) is 4.99 Å². The van der Waals surface area contributed by atoms with E-state index in [0.29, 0.717) is 0 Å². The normalized spacial score (nSPS) is 11.2. The number of aliphatic imine (C=N–C) groups is 1. The second-order valence-corrected chi connectivity index (χ2v) is 4.12. The van der Waals surface area contributed by atoms with E-state index >= 15 is 0 Å². The summed E-state index contributed by atoms with van der Waals surface area (Å²) in [4.78, 5) is 29.3. The fourth-order valence-electron chi connectivity index (χ4n) is 0.506. The standard InChI is InChI=1S/C8H14N2O4S/c1-8(2,3)13-7(12)10-14-6(11)9-5-15-4/h5H,1-4H3,(H,10,12)/b9-5-. The van der Waals surface area contributed by atoms with Crippen molar-refractivity contribution in [3.8, 4) is 0 Å². The van der Waals surface area contributed by atoms with E-state index in [-0.39, 0.29) is 0 Å². The molecule has 0 spiro atoms. The molecule has 0 atom stereocenters. The molecule has 0 saturated carbocycles. The van der Waals surface area contributed by atoms with E-state index in [2.05, 4.69) is 9.83 Å². The number of rotatable bonds is 1. The van der Waals surface area contributed by atoms with Crippen LogP contribution in [0.4, 0.5) is 9.59 Å². The number of thioether (sulfide) groups is 1. The van der Waals surface area contributed by atoms with Gasteiger partial charge in [0.15, 0.2) is 0 Å². The predicted octanol–water partition coefficient (Wildman–Crippen LogP) is 1.95. The monoisotopic (exact) mass is 234 g/mol. The molecule has 0 saturated heterocycles. The molecule has 0 bridgehead atoms. The molecular weight excluding hydrogens is 220 g/mol. The maximum atomic E-state index is 11.0. The van der Waals surface area contributed by atoms with Gasteiger partial charge in [0.05, 0.1) is 5.55 Å². The van der Waals surface area contributed by atoms with Crippen molar-refractivity contribution in [3.05, 3.63) is 0 Å². The van der Waals surface area contributed by atoms with Crippen LogP contribution in [0.25, 0.3) is 0 Å². The van der Waals surface area contributed by atoms with Gasteiger partial charge >= 0.3 is 12.2 Å². The molecule has 0 rings (SSSR count). The van der Waals surface area contributed by atoms with Gasteiger partial charge < -0.3 is 9.57 Å². The first-order valence-corrected chi connectivity index (χ1v) is 5.39. The Kier molecular flexibility index (Phi) is 5.76. The Morgan fingerprint density at radius 3 is 2.47 bits per heavy atom. The molecule has 0 aromatic carbocycles. The molecule has 0 aromatic heterocycles. The maximum Gasteiger partial charge on any atom is 0.458 e. The Labute approximate surface area is 92.4 Å². The lowest BCUT2D eigenvalue weighted by Crippen LogP contribution is -2.33. The molecule has 15 heavy (non-hydrogen) atoms. The summed E-state index contributed by atoms with van der Waals surface area (Å²) in [5, 5.41) is 0. The molecule has 0 fully saturated rings. The zero-order valence-corrected chi connectivity index (χ0v) is 9.88. The van der Waals surface area contributed by atoms with Crippen LogP contribution < -0.4 is 5.48 Å². The summed E-state index contributed by atoms with van der Waals surface area (Å²) in [6, 6.07) is 0. The van der Waals surface area contributed by atoms with Crippen LogP contribution in [-0.2, 0) is 9.57 Å². The second-order valence-electron chi connectivity index (χ2n) is 3.44. The van der Waals surface area contributed by atoms with E-state index in [1.807, 2.05) is 5.48 Å². The Balaban J connectivity index is 3.81. The van der Waals surface area contributed by atoms with Crippen LogP contribution in [0.2, 0.25) is 0 Å². The topological polar surface area (TPSA) is 77.0 Å². The summed E-state index contributed by atoms with van der Waals surface area (Å²) in [7, 11) is 0. The summed E-state index contributed by atoms with van der Waals surface area (Å²) >= 11 is 1.24.